The molecule has 0 spiro atoms. The summed E-state index contributed by atoms with van der Waals surface area (Å²) in [6, 6.07) is 30.4. The Balaban J connectivity index is 1.55. The van der Waals surface area contributed by atoms with Gasteiger partial charge in [0.15, 0.2) is 0 Å². The van der Waals surface area contributed by atoms with E-state index in [0.29, 0.717) is 6.54 Å². The Morgan fingerprint density at radius 1 is 0.921 bits per heavy atom. The van der Waals surface area contributed by atoms with Crippen molar-refractivity contribution in [3.63, 3.8) is 0 Å². The summed E-state index contributed by atoms with van der Waals surface area (Å²) in [5.74, 6) is 0.982. The van der Waals surface area contributed by atoms with Crippen LogP contribution in [-0.4, -0.2) is 25.3 Å². The summed E-state index contributed by atoms with van der Waals surface area (Å²) in [4.78, 5) is 16.0. The van der Waals surface area contributed by atoms with Crippen LogP contribution in [-0.2, 0) is 13.0 Å². The zero-order chi connectivity index (χ0) is 26.2. The number of fused-ring (bicyclic) bond motifs is 3. The maximum atomic E-state index is 14.1. The second-order valence-electron chi connectivity index (χ2n) is 9.89. The normalized spacial score (nSPS) is 14.5. The van der Waals surface area contributed by atoms with E-state index in [2.05, 4.69) is 78.5 Å². The monoisotopic (exact) mass is 501 g/mol. The minimum atomic E-state index is -0.281. The molecule has 2 aromatic heterocycles. The van der Waals surface area contributed by atoms with E-state index in [1.54, 1.807) is 0 Å². The first-order chi connectivity index (χ1) is 18.5. The molecule has 0 fully saturated rings. The number of hydrogen-bond donors (Lipinski definition) is 1. The van der Waals surface area contributed by atoms with Crippen LogP contribution in [0.5, 0.6) is 0 Å². The van der Waals surface area contributed by atoms with E-state index in [-0.39, 0.29) is 12.1 Å². The number of carbonyl (C=O) groups excluding carboxylic acids is 1. The highest BCUT2D eigenvalue weighted by molar-refractivity contribution is 5.90. The fourth-order valence-electron chi connectivity index (χ4n) is 5.37. The van der Waals surface area contributed by atoms with Crippen LogP contribution in [0.1, 0.15) is 46.6 Å². The van der Waals surface area contributed by atoms with Crippen LogP contribution >= 0.6 is 0 Å². The molecule has 6 rings (SSSR count). The Bertz CT molecular complexity index is 1600. The van der Waals surface area contributed by atoms with Crippen LogP contribution in [0.3, 0.4) is 0 Å². The number of urea groups is 1. The summed E-state index contributed by atoms with van der Waals surface area (Å²) < 4.78 is 4.23. The molecule has 0 bridgehead atoms. The Kier molecular flexibility index (Phi) is 6.08. The number of nitrogens with one attached hydrogen (secondary N) is 1. The first kappa shape index (κ1) is 23.8. The Hall–Kier alpha value is -4.58. The van der Waals surface area contributed by atoms with Crippen molar-refractivity contribution in [2.24, 2.45) is 0 Å². The lowest BCUT2D eigenvalue weighted by molar-refractivity contribution is 0.194. The van der Waals surface area contributed by atoms with Gasteiger partial charge in [-0.25, -0.2) is 9.48 Å². The lowest BCUT2D eigenvalue weighted by Gasteiger charge is -2.31. The van der Waals surface area contributed by atoms with E-state index in [9.17, 15) is 4.79 Å². The molecule has 1 aliphatic rings. The van der Waals surface area contributed by atoms with Gasteiger partial charge in [0, 0.05) is 17.4 Å². The van der Waals surface area contributed by atoms with Crippen LogP contribution in [0.15, 0.2) is 97.2 Å². The summed E-state index contributed by atoms with van der Waals surface area (Å²) in [5.41, 5.74) is 8.20. The number of aryl methyl sites for hydroxylation is 3. The van der Waals surface area contributed by atoms with E-state index < -0.39 is 0 Å². The topological polar surface area (TPSA) is 55.1 Å². The third kappa shape index (κ3) is 4.18. The molecule has 5 aromatic rings. The van der Waals surface area contributed by atoms with Crippen molar-refractivity contribution in [2.75, 3.05) is 5.32 Å². The zero-order valence-electron chi connectivity index (χ0n) is 21.9. The van der Waals surface area contributed by atoms with Crippen molar-refractivity contribution in [2.45, 2.75) is 39.8 Å². The number of para-hydroxylation sites is 1. The van der Waals surface area contributed by atoms with Crippen LogP contribution in [0, 0.1) is 13.8 Å². The molecule has 38 heavy (non-hydrogen) atoms. The summed E-state index contributed by atoms with van der Waals surface area (Å²) in [5, 5.41) is 8.21. The molecule has 2 amide bonds. The fraction of sp³-hybridized carbons (Fsp3) is 0.188. The number of amides is 2. The van der Waals surface area contributed by atoms with Crippen molar-refractivity contribution in [1.29, 1.82) is 0 Å². The Labute approximate surface area is 223 Å². The molecule has 0 saturated heterocycles. The van der Waals surface area contributed by atoms with Gasteiger partial charge in [-0.2, -0.15) is 5.10 Å². The summed E-state index contributed by atoms with van der Waals surface area (Å²) >= 11 is 0. The van der Waals surface area contributed by atoms with Crippen molar-refractivity contribution in [1.82, 2.24) is 19.2 Å². The molecule has 6 nitrogen and oxygen atoms in total. The van der Waals surface area contributed by atoms with Crippen LogP contribution in [0.2, 0.25) is 0 Å². The lowest BCUT2D eigenvalue weighted by atomic mass is 10.0. The second kappa shape index (κ2) is 9.71. The van der Waals surface area contributed by atoms with Crippen molar-refractivity contribution < 1.29 is 4.79 Å². The van der Waals surface area contributed by atoms with E-state index in [0.717, 1.165) is 51.7 Å². The molecule has 3 aromatic carbocycles. The fourth-order valence-corrected chi connectivity index (χ4v) is 5.37. The van der Waals surface area contributed by atoms with Gasteiger partial charge in [0.05, 0.1) is 29.7 Å². The third-order valence-electron chi connectivity index (χ3n) is 7.23. The molecule has 0 unspecified atom stereocenters. The first-order valence-electron chi connectivity index (χ1n) is 13.1. The van der Waals surface area contributed by atoms with Crippen LogP contribution in [0.25, 0.3) is 11.5 Å². The minimum Gasteiger partial charge on any atom is -0.308 e. The largest absolute Gasteiger partial charge is 0.322 e. The minimum absolute atomic E-state index is 0.142. The van der Waals surface area contributed by atoms with Crippen molar-refractivity contribution in [3.8, 4) is 11.5 Å². The van der Waals surface area contributed by atoms with E-state index in [4.69, 9.17) is 5.10 Å². The number of hydrogen-bond acceptors (Lipinski definition) is 2. The van der Waals surface area contributed by atoms with Gasteiger partial charge in [-0.3, -0.25) is 0 Å². The Morgan fingerprint density at radius 2 is 1.71 bits per heavy atom. The van der Waals surface area contributed by atoms with Gasteiger partial charge in [-0.1, -0.05) is 67.1 Å². The SMILES string of the molecule is CCc1nn(-c2ccccc2)c2c1CN(C(=O)Nc1cccc(C)c1)[C@H](c1ccc(C)cc1)c1cccn1-2. The van der Waals surface area contributed by atoms with Gasteiger partial charge in [0.2, 0.25) is 0 Å². The van der Waals surface area contributed by atoms with Gasteiger partial charge in [0.1, 0.15) is 5.82 Å². The van der Waals surface area contributed by atoms with Crippen LogP contribution in [0.4, 0.5) is 10.5 Å². The van der Waals surface area contributed by atoms with Crippen LogP contribution < -0.4 is 5.32 Å². The molecular weight excluding hydrogens is 470 g/mol. The molecule has 3 heterocycles. The predicted molar refractivity (Wildman–Crippen MR) is 151 cm³/mol. The average molecular weight is 502 g/mol. The van der Waals surface area contributed by atoms with E-state index in [1.807, 2.05) is 59.0 Å². The summed E-state index contributed by atoms with van der Waals surface area (Å²) in [6.45, 7) is 6.66. The molecule has 0 aliphatic carbocycles. The number of rotatable bonds is 4. The Morgan fingerprint density at radius 3 is 2.45 bits per heavy atom. The molecule has 1 atom stereocenters. The lowest BCUT2D eigenvalue weighted by Crippen LogP contribution is -2.38. The van der Waals surface area contributed by atoms with Gasteiger partial charge >= 0.3 is 6.03 Å². The number of nitrogens with zero attached hydrogens (tertiary/aromatic N) is 4. The van der Waals surface area contributed by atoms with Crippen molar-refractivity contribution >= 4 is 11.7 Å². The average Bonchev–Trinajstić information content (AvgIpc) is 3.51. The molecule has 1 aliphatic heterocycles. The molecular formula is C32H31N5O. The highest BCUT2D eigenvalue weighted by atomic mass is 16.2. The predicted octanol–water partition coefficient (Wildman–Crippen LogP) is 6.98. The zero-order valence-corrected chi connectivity index (χ0v) is 21.9. The maximum absolute atomic E-state index is 14.1. The smallest absolute Gasteiger partial charge is 0.308 e. The second-order valence-corrected chi connectivity index (χ2v) is 9.89. The summed E-state index contributed by atoms with van der Waals surface area (Å²) in [7, 11) is 0. The molecule has 0 radical (unpaired) electrons. The van der Waals surface area contributed by atoms with Gasteiger partial charge in [-0.05, 0) is 67.8 Å². The number of anilines is 1. The molecule has 0 saturated carbocycles. The number of aromatic nitrogens is 3. The standard InChI is InChI=1S/C32H31N5O/c1-4-28-27-21-36(32(38)33-25-11-8-10-23(3)20-25)30(24-17-15-22(2)16-18-24)29-14-9-19-35(29)31(27)37(34-28)26-12-6-5-7-13-26/h5-20,30H,4,21H2,1-3H3,(H,33,38)/t30-/m1/s1. The van der Waals surface area contributed by atoms with Gasteiger partial charge in [-0.15, -0.1) is 0 Å². The molecule has 6 heteroatoms. The third-order valence-corrected chi connectivity index (χ3v) is 7.23. The maximum Gasteiger partial charge on any atom is 0.322 e. The highest BCUT2D eigenvalue weighted by Crippen LogP contribution is 2.39. The van der Waals surface area contributed by atoms with Gasteiger partial charge < -0.3 is 14.8 Å². The summed E-state index contributed by atoms with van der Waals surface area (Å²) in [6.07, 6.45) is 2.85. The highest BCUT2D eigenvalue weighted by Gasteiger charge is 2.36. The molecule has 1 N–H and O–H groups in total. The van der Waals surface area contributed by atoms with E-state index >= 15 is 0 Å². The number of benzene rings is 3. The van der Waals surface area contributed by atoms with Crippen molar-refractivity contribution in [3.05, 3.63) is 131 Å². The quantitative estimate of drug-likeness (QED) is 0.289. The van der Waals surface area contributed by atoms with Gasteiger partial charge in [0.25, 0.3) is 0 Å². The number of carbonyl (C=O) groups is 1. The van der Waals surface area contributed by atoms with E-state index in [1.165, 1.54) is 5.56 Å². The first-order valence-corrected chi connectivity index (χ1v) is 13.1. The molecule has 190 valence electrons.